The zero-order valence-electron chi connectivity index (χ0n) is 20.7. The Kier molecular flexibility index (Phi) is 7.56. The van der Waals surface area contributed by atoms with E-state index in [9.17, 15) is 14.8 Å². The summed E-state index contributed by atoms with van der Waals surface area (Å²) >= 11 is 0. The highest BCUT2D eigenvalue weighted by Crippen LogP contribution is 2.56. The van der Waals surface area contributed by atoms with E-state index in [4.69, 9.17) is 13.8 Å². The van der Waals surface area contributed by atoms with Gasteiger partial charge < -0.3 is 19.5 Å². The molecule has 2 N–H and O–H groups in total. The maximum atomic E-state index is 13.2. The standard InChI is InChI=1S/C28H33O6P/c1-18(2)25-14-21(8-9-27(25)30)15-26-19(3)12-24(13-20(26)4)32-17-35(31)33-11-10-28(34-35)22-6-5-7-23(29)16-22/h5-9,12-14,16,18,28-30H,10-11,15,17H2,1-4H3/t28-,35?/m1/s1. The van der Waals surface area contributed by atoms with Crippen molar-refractivity contribution in [1.82, 2.24) is 0 Å². The van der Waals surface area contributed by atoms with Crippen molar-refractivity contribution in [2.24, 2.45) is 0 Å². The molecule has 4 rings (SSSR count). The summed E-state index contributed by atoms with van der Waals surface area (Å²) < 4.78 is 30.4. The quantitative estimate of drug-likeness (QED) is 0.338. The smallest absolute Gasteiger partial charge is 0.368 e. The number of benzene rings is 3. The molecular formula is C28H33O6P. The molecule has 0 amide bonds. The first-order valence-corrected chi connectivity index (χ1v) is 13.6. The number of ether oxygens (including phenoxy) is 1. The molecule has 35 heavy (non-hydrogen) atoms. The van der Waals surface area contributed by atoms with E-state index in [0.29, 0.717) is 24.5 Å². The Morgan fingerprint density at radius 3 is 2.49 bits per heavy atom. The van der Waals surface area contributed by atoms with Gasteiger partial charge in [-0.2, -0.15) is 0 Å². The van der Waals surface area contributed by atoms with Crippen molar-refractivity contribution < 1.29 is 28.6 Å². The van der Waals surface area contributed by atoms with Gasteiger partial charge >= 0.3 is 7.60 Å². The molecule has 1 heterocycles. The van der Waals surface area contributed by atoms with Gasteiger partial charge in [-0.3, -0.25) is 9.09 Å². The molecule has 7 heteroatoms. The van der Waals surface area contributed by atoms with Gasteiger partial charge in [0.15, 0.2) is 6.35 Å². The molecule has 3 aromatic carbocycles. The maximum Gasteiger partial charge on any atom is 0.368 e. The number of phenolic OH excluding ortho intramolecular Hbond substituents is 2. The van der Waals surface area contributed by atoms with E-state index >= 15 is 0 Å². The van der Waals surface area contributed by atoms with Crippen LogP contribution in [0.5, 0.6) is 17.2 Å². The Hall–Kier alpha value is -2.79. The third-order valence-electron chi connectivity index (χ3n) is 6.35. The van der Waals surface area contributed by atoms with Crippen LogP contribution in [0, 0.1) is 13.8 Å². The highest BCUT2D eigenvalue weighted by molar-refractivity contribution is 7.53. The zero-order chi connectivity index (χ0) is 25.2. The van der Waals surface area contributed by atoms with Crippen molar-refractivity contribution in [2.45, 2.75) is 52.6 Å². The fourth-order valence-corrected chi connectivity index (χ4v) is 5.95. The van der Waals surface area contributed by atoms with Crippen LogP contribution in [0.2, 0.25) is 0 Å². The van der Waals surface area contributed by atoms with E-state index in [1.807, 2.05) is 38.1 Å². The van der Waals surface area contributed by atoms with Crippen molar-refractivity contribution in [3.63, 3.8) is 0 Å². The number of hydrogen-bond donors (Lipinski definition) is 2. The predicted octanol–water partition coefficient (Wildman–Crippen LogP) is 7.14. The average molecular weight is 497 g/mol. The summed E-state index contributed by atoms with van der Waals surface area (Å²) in [6.07, 6.45) is 0.692. The lowest BCUT2D eigenvalue weighted by atomic mass is 9.93. The van der Waals surface area contributed by atoms with Crippen LogP contribution in [0.3, 0.4) is 0 Å². The van der Waals surface area contributed by atoms with E-state index in [1.165, 1.54) is 5.56 Å². The summed E-state index contributed by atoms with van der Waals surface area (Å²) in [5.74, 6) is 1.32. The summed E-state index contributed by atoms with van der Waals surface area (Å²) in [6, 6.07) is 16.4. The van der Waals surface area contributed by atoms with Gasteiger partial charge in [-0.1, -0.05) is 38.1 Å². The van der Waals surface area contributed by atoms with Crippen molar-refractivity contribution >= 4 is 7.60 Å². The highest BCUT2D eigenvalue weighted by atomic mass is 31.2. The topological polar surface area (TPSA) is 85.2 Å². The van der Waals surface area contributed by atoms with Gasteiger partial charge in [-0.25, -0.2) is 0 Å². The SMILES string of the molecule is Cc1cc(OCP2(=O)OCC[C@H](c3cccc(O)c3)O2)cc(C)c1Cc1ccc(O)c(C(C)C)c1. The molecular weight excluding hydrogens is 463 g/mol. The lowest BCUT2D eigenvalue weighted by Crippen LogP contribution is -2.17. The Morgan fingerprint density at radius 1 is 1.06 bits per heavy atom. The van der Waals surface area contributed by atoms with Gasteiger partial charge in [0, 0.05) is 6.42 Å². The second kappa shape index (κ2) is 10.4. The molecule has 3 aromatic rings. The van der Waals surface area contributed by atoms with E-state index < -0.39 is 13.7 Å². The third kappa shape index (κ3) is 6.07. The maximum absolute atomic E-state index is 13.2. The number of phenols is 2. The molecule has 1 aliphatic rings. The molecule has 1 aliphatic heterocycles. The number of rotatable bonds is 7. The summed E-state index contributed by atoms with van der Waals surface area (Å²) in [4.78, 5) is 0. The van der Waals surface area contributed by atoms with Crippen LogP contribution in [0.15, 0.2) is 54.6 Å². The Balaban J connectivity index is 1.45. The molecule has 0 aromatic heterocycles. The zero-order valence-corrected chi connectivity index (χ0v) is 21.5. The van der Waals surface area contributed by atoms with Crippen LogP contribution in [0.25, 0.3) is 0 Å². The summed E-state index contributed by atoms with van der Waals surface area (Å²) in [7, 11) is -3.46. The lowest BCUT2D eigenvalue weighted by molar-refractivity contribution is 0.0724. The van der Waals surface area contributed by atoms with Crippen molar-refractivity contribution in [1.29, 1.82) is 0 Å². The van der Waals surface area contributed by atoms with Crippen molar-refractivity contribution in [3.8, 4) is 17.2 Å². The molecule has 2 atom stereocenters. The molecule has 0 spiro atoms. The van der Waals surface area contributed by atoms with Crippen LogP contribution in [0.1, 0.15) is 65.7 Å². The minimum absolute atomic E-state index is 0.141. The Morgan fingerprint density at radius 2 is 1.80 bits per heavy atom. The molecule has 1 saturated heterocycles. The fraction of sp³-hybridized carbons (Fsp3) is 0.357. The second-order valence-electron chi connectivity index (χ2n) is 9.46. The van der Waals surface area contributed by atoms with E-state index in [-0.39, 0.29) is 18.0 Å². The largest absolute Gasteiger partial charge is 0.508 e. The van der Waals surface area contributed by atoms with Gasteiger partial charge in [-0.05, 0) is 89.9 Å². The lowest BCUT2D eigenvalue weighted by Gasteiger charge is -2.30. The first-order chi connectivity index (χ1) is 16.6. The van der Waals surface area contributed by atoms with E-state index in [2.05, 4.69) is 19.9 Å². The molecule has 186 valence electrons. The first kappa shape index (κ1) is 25.3. The first-order valence-electron chi connectivity index (χ1n) is 11.9. The van der Waals surface area contributed by atoms with Crippen molar-refractivity contribution in [3.05, 3.63) is 88.0 Å². The van der Waals surface area contributed by atoms with Crippen LogP contribution in [-0.4, -0.2) is 23.2 Å². The Labute approximate surface area is 207 Å². The van der Waals surface area contributed by atoms with Crippen LogP contribution >= 0.6 is 7.60 Å². The predicted molar refractivity (Wildman–Crippen MR) is 137 cm³/mol. The van der Waals surface area contributed by atoms with Crippen LogP contribution < -0.4 is 4.74 Å². The average Bonchev–Trinajstić information content (AvgIpc) is 2.81. The molecule has 0 aliphatic carbocycles. The minimum Gasteiger partial charge on any atom is -0.508 e. The van der Waals surface area contributed by atoms with Gasteiger partial charge in [0.1, 0.15) is 17.2 Å². The summed E-state index contributed by atoms with van der Waals surface area (Å²) in [6.45, 7) is 8.50. The summed E-state index contributed by atoms with van der Waals surface area (Å²) in [5.41, 5.74) is 6.18. The van der Waals surface area contributed by atoms with Crippen molar-refractivity contribution in [2.75, 3.05) is 13.0 Å². The van der Waals surface area contributed by atoms with Gasteiger partial charge in [0.25, 0.3) is 0 Å². The molecule has 0 bridgehead atoms. The molecule has 6 nitrogen and oxygen atoms in total. The van der Waals surface area contributed by atoms with E-state index in [0.717, 1.165) is 34.2 Å². The van der Waals surface area contributed by atoms with Gasteiger partial charge in [-0.15, -0.1) is 0 Å². The normalized spacial score (nSPS) is 20.2. The molecule has 0 saturated carbocycles. The van der Waals surface area contributed by atoms with Crippen LogP contribution in [-0.2, 0) is 20.0 Å². The monoisotopic (exact) mass is 496 g/mol. The third-order valence-corrected chi connectivity index (χ3v) is 7.95. The Bertz CT molecular complexity index is 1230. The molecule has 1 unspecified atom stereocenters. The number of aryl methyl sites for hydroxylation is 2. The van der Waals surface area contributed by atoms with Gasteiger partial charge in [0.2, 0.25) is 0 Å². The molecule has 1 fully saturated rings. The highest BCUT2D eigenvalue weighted by Gasteiger charge is 2.35. The van der Waals surface area contributed by atoms with Gasteiger partial charge in [0.05, 0.1) is 12.7 Å². The number of hydrogen-bond acceptors (Lipinski definition) is 6. The molecule has 0 radical (unpaired) electrons. The van der Waals surface area contributed by atoms with Crippen LogP contribution in [0.4, 0.5) is 0 Å². The fourth-order valence-electron chi connectivity index (χ4n) is 4.45. The summed E-state index contributed by atoms with van der Waals surface area (Å²) in [5, 5.41) is 19.9. The van der Waals surface area contributed by atoms with E-state index in [1.54, 1.807) is 24.3 Å². The second-order valence-corrected chi connectivity index (χ2v) is 11.4. The minimum atomic E-state index is -3.46. The number of aromatic hydroxyl groups is 2.